The van der Waals surface area contributed by atoms with Gasteiger partial charge >= 0.3 is 0 Å². The van der Waals surface area contributed by atoms with Gasteiger partial charge in [0.2, 0.25) is 5.91 Å². The van der Waals surface area contributed by atoms with Crippen molar-refractivity contribution in [2.45, 2.75) is 19.4 Å². The molecule has 24 heavy (non-hydrogen) atoms. The number of nitrogens with zero attached hydrogens (tertiary/aromatic N) is 4. The summed E-state index contributed by atoms with van der Waals surface area (Å²) in [5.41, 5.74) is 1.72. The zero-order chi connectivity index (χ0) is 17.3. The fourth-order valence-electron chi connectivity index (χ4n) is 3.46. The molecule has 0 aliphatic carbocycles. The lowest BCUT2D eigenvalue weighted by molar-refractivity contribution is -0.123. The number of piperazine rings is 1. The first kappa shape index (κ1) is 16.9. The molecule has 0 aromatic heterocycles. The summed E-state index contributed by atoms with van der Waals surface area (Å²) in [5.74, 6) is -0.178. The molecule has 6 nitrogen and oxygen atoms in total. The molecule has 3 rings (SSSR count). The van der Waals surface area contributed by atoms with Gasteiger partial charge in [-0.25, -0.2) is 4.90 Å². The van der Waals surface area contributed by atoms with Crippen molar-refractivity contribution >= 4 is 23.2 Å². The smallest absolute Gasteiger partial charge is 0.251 e. The first-order valence-electron chi connectivity index (χ1n) is 8.62. The van der Waals surface area contributed by atoms with E-state index in [4.69, 9.17) is 0 Å². The topological polar surface area (TPSA) is 47.1 Å². The van der Waals surface area contributed by atoms with E-state index in [2.05, 4.69) is 16.7 Å². The summed E-state index contributed by atoms with van der Waals surface area (Å²) in [7, 11) is 3.93. The number of anilines is 2. The van der Waals surface area contributed by atoms with Crippen LogP contribution in [-0.2, 0) is 9.59 Å². The van der Waals surface area contributed by atoms with E-state index in [0.717, 1.165) is 38.4 Å². The minimum atomic E-state index is -0.301. The Labute approximate surface area is 143 Å². The van der Waals surface area contributed by atoms with Gasteiger partial charge in [-0.05, 0) is 30.8 Å². The second-order valence-electron chi connectivity index (χ2n) is 6.67. The van der Waals surface area contributed by atoms with Gasteiger partial charge in [-0.2, -0.15) is 0 Å². The molecule has 6 heteroatoms. The highest BCUT2D eigenvalue weighted by Gasteiger charge is 2.43. The summed E-state index contributed by atoms with van der Waals surface area (Å²) < 4.78 is 0. The van der Waals surface area contributed by atoms with Crippen molar-refractivity contribution in [1.82, 2.24) is 9.80 Å². The first-order chi connectivity index (χ1) is 11.5. The molecule has 0 N–H and O–H groups in total. The van der Waals surface area contributed by atoms with Crippen molar-refractivity contribution in [2.75, 3.05) is 56.6 Å². The van der Waals surface area contributed by atoms with Crippen LogP contribution in [0.3, 0.4) is 0 Å². The monoisotopic (exact) mass is 330 g/mol. The van der Waals surface area contributed by atoms with Gasteiger partial charge in [0.25, 0.3) is 5.91 Å². The standard InChI is InChI=1S/C18H26N4O2/c1-4-20-9-11-21(12-10-20)16-13-17(23)22(18(16)24)15-7-5-14(6-8-15)19(2)3/h5-8,16H,4,9-13H2,1-3H3. The Morgan fingerprint density at radius 2 is 1.67 bits per heavy atom. The number of likely N-dealkylation sites (N-methyl/N-ethyl adjacent to an activating group) is 1. The third kappa shape index (κ3) is 3.16. The normalized spacial score (nSPS) is 23.1. The second-order valence-corrected chi connectivity index (χ2v) is 6.67. The molecule has 2 saturated heterocycles. The minimum Gasteiger partial charge on any atom is -0.378 e. The van der Waals surface area contributed by atoms with E-state index in [1.54, 1.807) is 0 Å². The van der Waals surface area contributed by atoms with Crippen LogP contribution in [0.2, 0.25) is 0 Å². The second kappa shape index (κ2) is 6.91. The average molecular weight is 330 g/mol. The lowest BCUT2D eigenvalue weighted by Gasteiger charge is -2.36. The Hall–Kier alpha value is -1.92. The third-order valence-electron chi connectivity index (χ3n) is 5.04. The molecular formula is C18H26N4O2. The molecule has 0 radical (unpaired) electrons. The number of imide groups is 1. The van der Waals surface area contributed by atoms with Gasteiger partial charge in [-0.1, -0.05) is 6.92 Å². The van der Waals surface area contributed by atoms with Gasteiger partial charge in [0, 0.05) is 46.0 Å². The highest BCUT2D eigenvalue weighted by Crippen LogP contribution is 2.27. The molecule has 130 valence electrons. The van der Waals surface area contributed by atoms with E-state index in [1.807, 2.05) is 43.3 Å². The number of amides is 2. The summed E-state index contributed by atoms with van der Waals surface area (Å²) in [5, 5.41) is 0. The van der Waals surface area contributed by atoms with E-state index in [0.29, 0.717) is 12.1 Å². The SMILES string of the molecule is CCN1CCN(C2CC(=O)N(c3ccc(N(C)C)cc3)C2=O)CC1. The minimum absolute atomic E-state index is 0.0810. The Morgan fingerprint density at radius 1 is 1.04 bits per heavy atom. The fourth-order valence-corrected chi connectivity index (χ4v) is 3.46. The van der Waals surface area contributed by atoms with Gasteiger partial charge in [0.1, 0.15) is 0 Å². The molecule has 0 bridgehead atoms. The first-order valence-corrected chi connectivity index (χ1v) is 8.62. The highest BCUT2D eigenvalue weighted by atomic mass is 16.2. The molecular weight excluding hydrogens is 304 g/mol. The van der Waals surface area contributed by atoms with E-state index >= 15 is 0 Å². The van der Waals surface area contributed by atoms with Crippen LogP contribution in [0.25, 0.3) is 0 Å². The van der Waals surface area contributed by atoms with Gasteiger partial charge in [0.15, 0.2) is 0 Å². The van der Waals surface area contributed by atoms with Gasteiger partial charge < -0.3 is 9.80 Å². The van der Waals surface area contributed by atoms with Crippen LogP contribution in [0, 0.1) is 0 Å². The Balaban J connectivity index is 1.72. The predicted octanol–water partition coefficient (Wildman–Crippen LogP) is 1.02. The van der Waals surface area contributed by atoms with Crippen LogP contribution >= 0.6 is 0 Å². The number of carbonyl (C=O) groups excluding carboxylic acids is 2. The molecule has 2 amide bonds. The van der Waals surface area contributed by atoms with Gasteiger partial charge in [0.05, 0.1) is 18.2 Å². The third-order valence-corrected chi connectivity index (χ3v) is 5.04. The predicted molar refractivity (Wildman–Crippen MR) is 95.4 cm³/mol. The lowest BCUT2D eigenvalue weighted by Crippen LogP contribution is -2.52. The molecule has 0 spiro atoms. The van der Waals surface area contributed by atoms with E-state index in [9.17, 15) is 9.59 Å². The van der Waals surface area contributed by atoms with Crippen LogP contribution in [0.5, 0.6) is 0 Å². The maximum absolute atomic E-state index is 12.8. The highest BCUT2D eigenvalue weighted by molar-refractivity contribution is 6.22. The maximum Gasteiger partial charge on any atom is 0.251 e. The Kier molecular flexibility index (Phi) is 4.87. The molecule has 2 aliphatic rings. The van der Waals surface area contributed by atoms with Gasteiger partial charge in [-0.3, -0.25) is 14.5 Å². The molecule has 1 aromatic rings. The van der Waals surface area contributed by atoms with Crippen molar-refractivity contribution in [3.8, 4) is 0 Å². The molecule has 2 aliphatic heterocycles. The summed E-state index contributed by atoms with van der Waals surface area (Å²) in [6.07, 6.45) is 0.292. The summed E-state index contributed by atoms with van der Waals surface area (Å²) in [6, 6.07) is 7.27. The number of carbonyl (C=O) groups is 2. The van der Waals surface area contributed by atoms with Crippen LogP contribution < -0.4 is 9.80 Å². The Morgan fingerprint density at radius 3 is 2.21 bits per heavy atom. The number of hydrogen-bond acceptors (Lipinski definition) is 5. The number of rotatable bonds is 4. The fraction of sp³-hybridized carbons (Fsp3) is 0.556. The van der Waals surface area contributed by atoms with E-state index < -0.39 is 0 Å². The van der Waals surface area contributed by atoms with Crippen molar-refractivity contribution in [1.29, 1.82) is 0 Å². The van der Waals surface area contributed by atoms with E-state index in [1.165, 1.54) is 4.90 Å². The molecule has 0 saturated carbocycles. The Bertz CT molecular complexity index is 606. The van der Waals surface area contributed by atoms with Crippen molar-refractivity contribution in [3.63, 3.8) is 0 Å². The average Bonchev–Trinajstić information content (AvgIpc) is 2.89. The van der Waals surface area contributed by atoms with Crippen molar-refractivity contribution < 1.29 is 9.59 Å². The number of hydrogen-bond donors (Lipinski definition) is 0. The van der Waals surface area contributed by atoms with Crippen molar-refractivity contribution in [2.24, 2.45) is 0 Å². The van der Waals surface area contributed by atoms with E-state index in [-0.39, 0.29) is 17.9 Å². The zero-order valence-electron chi connectivity index (χ0n) is 14.7. The number of benzene rings is 1. The summed E-state index contributed by atoms with van der Waals surface area (Å²) >= 11 is 0. The largest absolute Gasteiger partial charge is 0.378 e. The molecule has 2 heterocycles. The van der Waals surface area contributed by atoms with Crippen LogP contribution in [0.15, 0.2) is 24.3 Å². The zero-order valence-corrected chi connectivity index (χ0v) is 14.7. The quantitative estimate of drug-likeness (QED) is 0.772. The van der Waals surface area contributed by atoms with Crippen molar-refractivity contribution in [3.05, 3.63) is 24.3 Å². The molecule has 2 fully saturated rings. The van der Waals surface area contributed by atoms with Gasteiger partial charge in [-0.15, -0.1) is 0 Å². The molecule has 1 atom stereocenters. The maximum atomic E-state index is 12.8. The summed E-state index contributed by atoms with van der Waals surface area (Å²) in [4.78, 5) is 33.1. The molecule has 1 unspecified atom stereocenters. The van der Waals surface area contributed by atoms with Crippen LogP contribution in [0.4, 0.5) is 11.4 Å². The summed E-state index contributed by atoms with van der Waals surface area (Å²) in [6.45, 7) is 6.82. The van der Waals surface area contributed by atoms with Crippen LogP contribution in [0.1, 0.15) is 13.3 Å². The van der Waals surface area contributed by atoms with Crippen LogP contribution in [-0.4, -0.2) is 74.5 Å². The molecule has 1 aromatic carbocycles. The lowest BCUT2D eigenvalue weighted by atomic mass is 10.1.